The van der Waals surface area contributed by atoms with Crippen LogP contribution in [0.25, 0.3) is 0 Å². The normalized spacial score (nSPS) is 18.6. The van der Waals surface area contributed by atoms with Gasteiger partial charge in [0.15, 0.2) is 17.9 Å². The van der Waals surface area contributed by atoms with Gasteiger partial charge in [-0.25, -0.2) is 4.98 Å². The summed E-state index contributed by atoms with van der Waals surface area (Å²) >= 11 is 0. The van der Waals surface area contributed by atoms with Crippen LogP contribution >= 0.6 is 0 Å². The highest BCUT2D eigenvalue weighted by molar-refractivity contribution is 5.93. The first kappa shape index (κ1) is 17.6. The molecule has 0 unspecified atom stereocenters. The van der Waals surface area contributed by atoms with E-state index in [1.165, 1.54) is 6.39 Å². The first-order chi connectivity index (χ1) is 12.1. The Morgan fingerprint density at radius 1 is 1.36 bits per heavy atom. The summed E-state index contributed by atoms with van der Waals surface area (Å²) in [7, 11) is 0. The van der Waals surface area contributed by atoms with Gasteiger partial charge in [-0.05, 0) is 32.7 Å². The monoisotopic (exact) mass is 347 g/mol. The number of carbonyl (C=O) groups excluding carboxylic acids is 1. The molecule has 8 nitrogen and oxygen atoms in total. The van der Waals surface area contributed by atoms with Crippen LogP contribution in [0.3, 0.4) is 0 Å². The molecule has 1 amide bonds. The molecule has 136 valence electrons. The Labute approximate surface area is 147 Å². The molecule has 8 heteroatoms. The summed E-state index contributed by atoms with van der Waals surface area (Å²) in [5, 5.41) is 4.00. The van der Waals surface area contributed by atoms with Crippen LogP contribution in [0, 0.1) is 13.8 Å². The maximum Gasteiger partial charge on any atom is 0.276 e. The molecular weight excluding hydrogens is 322 g/mol. The average molecular weight is 347 g/mol. The van der Waals surface area contributed by atoms with E-state index in [2.05, 4.69) is 26.9 Å². The first-order valence-corrected chi connectivity index (χ1v) is 8.81. The summed E-state index contributed by atoms with van der Waals surface area (Å²) in [5.41, 5.74) is 0.424. The Morgan fingerprint density at radius 2 is 2.20 bits per heavy atom. The lowest BCUT2D eigenvalue weighted by atomic mass is 10.1. The maximum atomic E-state index is 12.6. The van der Waals surface area contributed by atoms with Crippen molar-refractivity contribution in [3.05, 3.63) is 29.6 Å². The predicted octanol–water partition coefficient (Wildman–Crippen LogP) is 2.19. The van der Waals surface area contributed by atoms with Gasteiger partial charge >= 0.3 is 0 Å². The number of likely N-dealkylation sites (tertiary alicyclic amines) is 1. The van der Waals surface area contributed by atoms with Crippen molar-refractivity contribution in [2.75, 3.05) is 19.6 Å². The fourth-order valence-electron chi connectivity index (χ4n) is 3.39. The number of aryl methyl sites for hydroxylation is 2. The molecule has 25 heavy (non-hydrogen) atoms. The van der Waals surface area contributed by atoms with Gasteiger partial charge in [0.25, 0.3) is 5.91 Å². The minimum absolute atomic E-state index is 0.0382. The zero-order chi connectivity index (χ0) is 17.8. The fourth-order valence-corrected chi connectivity index (χ4v) is 3.39. The van der Waals surface area contributed by atoms with Gasteiger partial charge in [0, 0.05) is 26.1 Å². The van der Waals surface area contributed by atoms with Crippen molar-refractivity contribution in [1.29, 1.82) is 0 Å². The molecule has 1 aliphatic rings. The molecule has 0 spiro atoms. The summed E-state index contributed by atoms with van der Waals surface area (Å²) in [6.07, 6.45) is 4.27. The second-order valence-electron chi connectivity index (χ2n) is 6.43. The van der Waals surface area contributed by atoms with Crippen LogP contribution < -0.4 is 0 Å². The largest absolute Gasteiger partial charge is 0.448 e. The number of carbonyl (C=O) groups is 1. The zero-order valence-electron chi connectivity index (χ0n) is 15.1. The molecule has 3 rings (SSSR count). The summed E-state index contributed by atoms with van der Waals surface area (Å²) in [6.45, 7) is 8.77. The number of rotatable bonds is 5. The minimum atomic E-state index is -0.0382. The van der Waals surface area contributed by atoms with E-state index in [1.807, 2.05) is 4.90 Å². The van der Waals surface area contributed by atoms with E-state index in [-0.39, 0.29) is 5.91 Å². The molecule has 0 aromatic carbocycles. The van der Waals surface area contributed by atoms with Gasteiger partial charge < -0.3 is 13.8 Å². The van der Waals surface area contributed by atoms with E-state index >= 15 is 0 Å². The molecule has 1 aliphatic heterocycles. The SMILES string of the molecule is CCN(Cc1noc(C)n1)[C@@H]1CCCN(C(=O)c2ncoc2C)CC1. The Bertz CT molecular complexity index is 711. The molecule has 0 N–H and O–H groups in total. The highest BCUT2D eigenvalue weighted by atomic mass is 16.5. The number of nitrogens with zero attached hydrogens (tertiary/aromatic N) is 5. The van der Waals surface area contributed by atoms with Crippen molar-refractivity contribution >= 4 is 5.91 Å². The second kappa shape index (κ2) is 7.77. The lowest BCUT2D eigenvalue weighted by Gasteiger charge is -2.28. The van der Waals surface area contributed by atoms with E-state index in [9.17, 15) is 4.79 Å². The third kappa shape index (κ3) is 4.07. The number of amides is 1. The van der Waals surface area contributed by atoms with Crippen LogP contribution in [0.15, 0.2) is 15.3 Å². The Morgan fingerprint density at radius 3 is 2.84 bits per heavy atom. The molecule has 1 fully saturated rings. The van der Waals surface area contributed by atoms with E-state index in [1.54, 1.807) is 13.8 Å². The topological polar surface area (TPSA) is 88.5 Å². The van der Waals surface area contributed by atoms with Gasteiger partial charge in [-0.1, -0.05) is 12.1 Å². The third-order valence-corrected chi connectivity index (χ3v) is 4.77. The van der Waals surface area contributed by atoms with E-state index in [0.29, 0.717) is 29.9 Å². The van der Waals surface area contributed by atoms with Crippen LogP contribution in [0.5, 0.6) is 0 Å². The summed E-state index contributed by atoms with van der Waals surface area (Å²) in [6, 6.07) is 0.403. The molecule has 0 bridgehead atoms. The van der Waals surface area contributed by atoms with Crippen molar-refractivity contribution in [2.24, 2.45) is 0 Å². The average Bonchev–Trinajstić information content (AvgIpc) is 3.12. The van der Waals surface area contributed by atoms with Gasteiger partial charge in [-0.3, -0.25) is 9.69 Å². The predicted molar refractivity (Wildman–Crippen MR) is 89.9 cm³/mol. The fraction of sp³-hybridized carbons (Fsp3) is 0.647. The summed E-state index contributed by atoms with van der Waals surface area (Å²) in [4.78, 5) is 25.2. The molecule has 1 atom stereocenters. The minimum Gasteiger partial charge on any atom is -0.448 e. The van der Waals surface area contributed by atoms with Crippen LogP contribution in [0.4, 0.5) is 0 Å². The lowest BCUT2D eigenvalue weighted by molar-refractivity contribution is 0.0749. The zero-order valence-corrected chi connectivity index (χ0v) is 15.1. The smallest absolute Gasteiger partial charge is 0.276 e. The molecule has 2 aromatic rings. The highest BCUT2D eigenvalue weighted by Gasteiger charge is 2.27. The number of oxazole rings is 1. The van der Waals surface area contributed by atoms with Crippen LogP contribution in [-0.4, -0.2) is 56.5 Å². The standard InChI is InChI=1S/C17H25N5O3/c1-4-21(10-15-19-13(3)25-20-15)14-6-5-8-22(9-7-14)17(23)16-12(2)24-11-18-16/h11,14H,4-10H2,1-3H3/t14-/m1/s1. The van der Waals surface area contributed by atoms with Gasteiger partial charge in [0.2, 0.25) is 5.89 Å². The molecular formula is C17H25N5O3. The van der Waals surface area contributed by atoms with E-state index in [0.717, 1.165) is 44.7 Å². The molecule has 0 saturated carbocycles. The van der Waals surface area contributed by atoms with Gasteiger partial charge in [-0.2, -0.15) is 4.98 Å². The number of aromatic nitrogens is 3. The Balaban J connectivity index is 1.62. The molecule has 2 aromatic heterocycles. The van der Waals surface area contributed by atoms with Crippen LogP contribution in [-0.2, 0) is 6.54 Å². The van der Waals surface area contributed by atoms with Crippen molar-refractivity contribution in [3.8, 4) is 0 Å². The molecule has 3 heterocycles. The summed E-state index contributed by atoms with van der Waals surface area (Å²) in [5.74, 6) is 1.85. The Kier molecular flexibility index (Phi) is 5.47. The first-order valence-electron chi connectivity index (χ1n) is 8.81. The van der Waals surface area contributed by atoms with Gasteiger partial charge in [0.05, 0.1) is 6.54 Å². The van der Waals surface area contributed by atoms with E-state index < -0.39 is 0 Å². The van der Waals surface area contributed by atoms with Gasteiger partial charge in [-0.15, -0.1) is 0 Å². The number of hydrogen-bond donors (Lipinski definition) is 0. The van der Waals surface area contributed by atoms with Crippen LogP contribution in [0.2, 0.25) is 0 Å². The summed E-state index contributed by atoms with van der Waals surface area (Å²) < 4.78 is 10.2. The molecule has 0 radical (unpaired) electrons. The highest BCUT2D eigenvalue weighted by Crippen LogP contribution is 2.20. The van der Waals surface area contributed by atoms with Gasteiger partial charge in [0.1, 0.15) is 5.76 Å². The molecule has 0 aliphatic carbocycles. The second-order valence-corrected chi connectivity index (χ2v) is 6.43. The maximum absolute atomic E-state index is 12.6. The Hall–Kier alpha value is -2.22. The lowest BCUT2D eigenvalue weighted by Crippen LogP contribution is -2.37. The van der Waals surface area contributed by atoms with Crippen molar-refractivity contribution in [2.45, 2.75) is 52.6 Å². The molecule has 1 saturated heterocycles. The quantitative estimate of drug-likeness (QED) is 0.819. The van der Waals surface area contributed by atoms with Crippen LogP contribution in [0.1, 0.15) is 54.2 Å². The van der Waals surface area contributed by atoms with Crippen molar-refractivity contribution in [3.63, 3.8) is 0 Å². The van der Waals surface area contributed by atoms with E-state index in [4.69, 9.17) is 8.94 Å². The third-order valence-electron chi connectivity index (χ3n) is 4.77. The van der Waals surface area contributed by atoms with Crippen molar-refractivity contribution in [1.82, 2.24) is 24.9 Å². The number of hydrogen-bond acceptors (Lipinski definition) is 7. The van der Waals surface area contributed by atoms with Crippen molar-refractivity contribution < 1.29 is 13.7 Å².